The average molecular weight is 227 g/mol. The van der Waals surface area contributed by atoms with Crippen LogP contribution >= 0.6 is 0 Å². The zero-order chi connectivity index (χ0) is 11.8. The van der Waals surface area contributed by atoms with Crippen molar-refractivity contribution in [2.24, 2.45) is 0 Å². The zero-order valence-electron chi connectivity index (χ0n) is 8.78. The molecule has 0 radical (unpaired) electrons. The minimum absolute atomic E-state index is 0.387. The van der Waals surface area contributed by atoms with Crippen LogP contribution in [0.3, 0.4) is 0 Å². The summed E-state index contributed by atoms with van der Waals surface area (Å²) in [6.45, 7) is 0. The van der Waals surface area contributed by atoms with Gasteiger partial charge in [0, 0.05) is 5.69 Å². The molecule has 2 aromatic heterocycles. The Morgan fingerprint density at radius 3 is 2.41 bits per heavy atom. The van der Waals surface area contributed by atoms with E-state index in [9.17, 15) is 9.59 Å². The van der Waals surface area contributed by atoms with E-state index >= 15 is 0 Å². The number of H-pyrrole nitrogens is 3. The van der Waals surface area contributed by atoms with Gasteiger partial charge in [0.15, 0.2) is 0 Å². The number of hydrogen-bond acceptors (Lipinski definition) is 2. The first-order valence-electron chi connectivity index (χ1n) is 5.15. The van der Waals surface area contributed by atoms with Gasteiger partial charge in [-0.05, 0) is 11.6 Å². The molecule has 0 aliphatic carbocycles. The molecule has 0 aliphatic heterocycles. The standard InChI is InChI=1S/C12H9N3O2/c16-11-8-6-9(7-4-2-1-3-5-7)13-10(8)14-12(17)15-11/h1-6H,(H3,13,14,15,16,17). The Morgan fingerprint density at radius 1 is 0.882 bits per heavy atom. The maximum atomic E-state index is 11.5. The van der Waals surface area contributed by atoms with Crippen LogP contribution in [0.15, 0.2) is 46.0 Å². The second kappa shape index (κ2) is 3.48. The van der Waals surface area contributed by atoms with E-state index < -0.39 is 5.69 Å². The lowest BCUT2D eigenvalue weighted by molar-refractivity contribution is 1.07. The number of fused-ring (bicyclic) bond motifs is 1. The molecule has 5 heteroatoms. The van der Waals surface area contributed by atoms with Gasteiger partial charge in [0.25, 0.3) is 5.56 Å². The Labute approximate surface area is 95.1 Å². The van der Waals surface area contributed by atoms with Gasteiger partial charge >= 0.3 is 5.69 Å². The summed E-state index contributed by atoms with van der Waals surface area (Å²) in [6, 6.07) is 11.3. The SMILES string of the molecule is O=c1[nH]c(=O)c2cc(-c3ccccc3)[nH]c2[nH]1. The van der Waals surface area contributed by atoms with Crippen LogP contribution in [-0.4, -0.2) is 15.0 Å². The highest BCUT2D eigenvalue weighted by atomic mass is 16.2. The fourth-order valence-electron chi connectivity index (χ4n) is 1.82. The fraction of sp³-hybridized carbons (Fsp3) is 0. The second-order valence-electron chi connectivity index (χ2n) is 3.75. The summed E-state index contributed by atoms with van der Waals surface area (Å²) in [5.41, 5.74) is 1.31. The van der Waals surface area contributed by atoms with Gasteiger partial charge in [0.05, 0.1) is 5.39 Å². The van der Waals surface area contributed by atoms with Crippen LogP contribution in [0, 0.1) is 0 Å². The Hall–Kier alpha value is -2.56. The molecular weight excluding hydrogens is 218 g/mol. The summed E-state index contributed by atoms with van der Waals surface area (Å²) >= 11 is 0. The van der Waals surface area contributed by atoms with Crippen molar-refractivity contribution < 1.29 is 0 Å². The van der Waals surface area contributed by atoms with Crippen molar-refractivity contribution in [1.29, 1.82) is 0 Å². The van der Waals surface area contributed by atoms with Crippen LogP contribution in [0.4, 0.5) is 0 Å². The Morgan fingerprint density at radius 2 is 1.65 bits per heavy atom. The smallest absolute Gasteiger partial charge is 0.327 e. The summed E-state index contributed by atoms with van der Waals surface area (Å²) in [5.74, 6) is 0. The molecule has 2 heterocycles. The fourth-order valence-corrected chi connectivity index (χ4v) is 1.82. The molecule has 84 valence electrons. The van der Waals surface area contributed by atoms with Crippen LogP contribution < -0.4 is 11.2 Å². The van der Waals surface area contributed by atoms with Crippen molar-refractivity contribution in [3.05, 3.63) is 57.2 Å². The highest BCUT2D eigenvalue weighted by Crippen LogP contribution is 2.19. The van der Waals surface area contributed by atoms with Crippen molar-refractivity contribution in [2.75, 3.05) is 0 Å². The van der Waals surface area contributed by atoms with E-state index in [0.717, 1.165) is 11.3 Å². The lowest BCUT2D eigenvalue weighted by atomic mass is 10.1. The molecule has 0 unspecified atom stereocenters. The van der Waals surface area contributed by atoms with Crippen LogP contribution in [0.1, 0.15) is 0 Å². The van der Waals surface area contributed by atoms with Gasteiger partial charge in [-0.3, -0.25) is 14.8 Å². The van der Waals surface area contributed by atoms with Gasteiger partial charge in [0.1, 0.15) is 5.65 Å². The summed E-state index contributed by atoms with van der Waals surface area (Å²) in [5, 5.41) is 0.448. The molecule has 17 heavy (non-hydrogen) atoms. The molecular formula is C12H9N3O2. The zero-order valence-corrected chi connectivity index (χ0v) is 8.78. The average Bonchev–Trinajstić information content (AvgIpc) is 2.74. The maximum Gasteiger partial charge on any atom is 0.327 e. The summed E-state index contributed by atoms with van der Waals surface area (Å²) in [4.78, 5) is 30.4. The summed E-state index contributed by atoms with van der Waals surface area (Å²) in [6.07, 6.45) is 0. The third-order valence-corrected chi connectivity index (χ3v) is 2.61. The highest BCUT2D eigenvalue weighted by molar-refractivity contribution is 5.81. The van der Waals surface area contributed by atoms with Crippen molar-refractivity contribution >= 4 is 11.0 Å². The monoisotopic (exact) mass is 227 g/mol. The largest absolute Gasteiger partial charge is 0.341 e. The molecule has 0 spiro atoms. The first-order valence-corrected chi connectivity index (χ1v) is 5.15. The van der Waals surface area contributed by atoms with Crippen molar-refractivity contribution in [2.45, 2.75) is 0 Å². The highest BCUT2D eigenvalue weighted by Gasteiger charge is 2.06. The Balaban J connectivity index is 2.31. The van der Waals surface area contributed by atoms with Gasteiger partial charge in [-0.15, -0.1) is 0 Å². The van der Waals surface area contributed by atoms with E-state index in [0.29, 0.717) is 11.0 Å². The van der Waals surface area contributed by atoms with Crippen molar-refractivity contribution in [3.63, 3.8) is 0 Å². The van der Waals surface area contributed by atoms with E-state index in [1.807, 2.05) is 30.3 Å². The van der Waals surface area contributed by atoms with Crippen LogP contribution in [0.25, 0.3) is 22.3 Å². The van der Waals surface area contributed by atoms with Gasteiger partial charge in [-0.1, -0.05) is 30.3 Å². The normalized spacial score (nSPS) is 10.8. The third kappa shape index (κ3) is 1.57. The number of hydrogen-bond donors (Lipinski definition) is 3. The maximum absolute atomic E-state index is 11.5. The van der Waals surface area contributed by atoms with Gasteiger partial charge in [-0.25, -0.2) is 4.79 Å². The second-order valence-corrected chi connectivity index (χ2v) is 3.75. The summed E-state index contributed by atoms with van der Waals surface area (Å²) in [7, 11) is 0. The molecule has 0 amide bonds. The Kier molecular flexibility index (Phi) is 1.98. The van der Waals surface area contributed by atoms with Crippen LogP contribution in [-0.2, 0) is 0 Å². The van der Waals surface area contributed by atoms with E-state index in [4.69, 9.17) is 0 Å². The molecule has 0 saturated carbocycles. The van der Waals surface area contributed by atoms with Crippen LogP contribution in [0.5, 0.6) is 0 Å². The minimum atomic E-state index is -0.510. The van der Waals surface area contributed by atoms with Crippen molar-refractivity contribution in [1.82, 2.24) is 15.0 Å². The molecule has 0 atom stereocenters. The molecule has 0 aliphatic rings. The van der Waals surface area contributed by atoms with E-state index in [1.54, 1.807) is 6.07 Å². The topological polar surface area (TPSA) is 81.5 Å². The Bertz CT molecular complexity index is 781. The number of rotatable bonds is 1. The minimum Gasteiger partial charge on any atom is -0.341 e. The predicted molar refractivity (Wildman–Crippen MR) is 65.0 cm³/mol. The molecule has 0 bridgehead atoms. The number of benzene rings is 1. The predicted octanol–water partition coefficient (Wildman–Crippen LogP) is 1.21. The van der Waals surface area contributed by atoms with Crippen molar-refractivity contribution in [3.8, 4) is 11.3 Å². The van der Waals surface area contributed by atoms with E-state index in [2.05, 4.69) is 15.0 Å². The van der Waals surface area contributed by atoms with Crippen LogP contribution in [0.2, 0.25) is 0 Å². The molecule has 3 N–H and O–H groups in total. The van der Waals surface area contributed by atoms with Gasteiger partial charge < -0.3 is 4.98 Å². The van der Waals surface area contributed by atoms with E-state index in [-0.39, 0.29) is 5.56 Å². The number of aromatic nitrogens is 3. The van der Waals surface area contributed by atoms with Gasteiger partial charge in [0.2, 0.25) is 0 Å². The lowest BCUT2D eigenvalue weighted by Crippen LogP contribution is -2.21. The first kappa shape index (κ1) is 9.65. The molecule has 5 nitrogen and oxygen atoms in total. The molecule has 3 rings (SSSR count). The van der Waals surface area contributed by atoms with Gasteiger partial charge in [-0.2, -0.15) is 0 Å². The van der Waals surface area contributed by atoms with E-state index in [1.165, 1.54) is 0 Å². The lowest BCUT2D eigenvalue weighted by Gasteiger charge is -1.94. The quantitative estimate of drug-likeness (QED) is 0.584. The first-order chi connectivity index (χ1) is 8.24. The third-order valence-electron chi connectivity index (χ3n) is 2.61. The molecule has 1 aromatic carbocycles. The molecule has 0 fully saturated rings. The molecule has 0 saturated heterocycles. The summed E-state index contributed by atoms with van der Waals surface area (Å²) < 4.78 is 0. The molecule has 3 aromatic rings. The number of nitrogens with one attached hydrogen (secondary N) is 3. The number of aromatic amines is 3.